The third-order valence-electron chi connectivity index (χ3n) is 17.4. The molecular weight excluding hydrogens is 867 g/mol. The Balaban J connectivity index is 1.00. The molecule has 0 saturated heterocycles. The third-order valence-corrected chi connectivity index (χ3v) is 17.4. The smallest absolute Gasteiger partial charge is 0.0720 e. The molecule has 0 aliphatic heterocycles. The molecule has 1 spiro atoms. The van der Waals surface area contributed by atoms with Crippen molar-refractivity contribution in [2.45, 2.75) is 42.6 Å². The van der Waals surface area contributed by atoms with Gasteiger partial charge in [0.25, 0.3) is 0 Å². The Morgan fingerprint density at radius 1 is 0.347 bits per heavy atom. The van der Waals surface area contributed by atoms with Crippen LogP contribution in [0.1, 0.15) is 80.6 Å². The van der Waals surface area contributed by atoms with E-state index < -0.39 is 10.8 Å². The highest BCUT2D eigenvalue weighted by Gasteiger charge is 2.57. The molecule has 15 rings (SSSR count). The summed E-state index contributed by atoms with van der Waals surface area (Å²) in [5.41, 5.74) is 22.3. The number of hydrogen-bond acceptors (Lipinski definition) is 1. The van der Waals surface area contributed by atoms with Gasteiger partial charge in [0.2, 0.25) is 0 Å². The number of hydrogen-bond donors (Lipinski definition) is 0. The van der Waals surface area contributed by atoms with Crippen molar-refractivity contribution in [2.75, 3.05) is 4.90 Å². The Hall–Kier alpha value is -8.52. The largest absolute Gasteiger partial charge is 0.334 e. The zero-order valence-electron chi connectivity index (χ0n) is 40.5. The molecule has 11 aromatic rings. The van der Waals surface area contributed by atoms with Gasteiger partial charge >= 0.3 is 0 Å². The molecule has 0 saturated carbocycles. The molecule has 72 heavy (non-hydrogen) atoms. The number of fused-ring (bicyclic) bond motifs is 18. The number of anilines is 2. The third kappa shape index (κ3) is 5.38. The van der Waals surface area contributed by atoms with E-state index in [0.29, 0.717) is 0 Å². The minimum Gasteiger partial charge on any atom is -0.334 e. The van der Waals surface area contributed by atoms with E-state index in [-0.39, 0.29) is 11.5 Å². The molecule has 0 N–H and O–H groups in total. The van der Waals surface area contributed by atoms with Crippen LogP contribution in [-0.2, 0) is 22.7 Å². The normalized spacial score (nSPS) is 16.6. The van der Waals surface area contributed by atoms with Crippen molar-refractivity contribution in [3.63, 3.8) is 0 Å². The number of nitrogens with zero attached hydrogens (tertiary/aromatic N) is 1. The summed E-state index contributed by atoms with van der Waals surface area (Å²) < 4.78 is 0. The second-order valence-electron chi connectivity index (χ2n) is 21.0. The Labute approximate surface area is 422 Å². The molecule has 1 heteroatoms. The lowest BCUT2D eigenvalue weighted by Gasteiger charge is -2.50. The van der Waals surface area contributed by atoms with Gasteiger partial charge in [-0.25, -0.2) is 0 Å². The van der Waals surface area contributed by atoms with Crippen molar-refractivity contribution in [1.29, 1.82) is 0 Å². The zero-order valence-corrected chi connectivity index (χ0v) is 40.5. The van der Waals surface area contributed by atoms with E-state index >= 15 is 0 Å². The van der Waals surface area contributed by atoms with Crippen molar-refractivity contribution in [1.82, 2.24) is 0 Å². The maximum absolute atomic E-state index is 2.68. The molecule has 0 bridgehead atoms. The van der Waals surface area contributed by atoms with Crippen LogP contribution in [-0.4, -0.2) is 6.04 Å². The Bertz CT molecular complexity index is 3970. The summed E-state index contributed by atoms with van der Waals surface area (Å²) in [7, 11) is 0. The SMILES string of the molecule is CC1(C)c2ccccc2-c2ccc(N(c3ccc4c(c3)C3(c5ccccc5-4)c4ccccc4C(c4ccccc4)(c4ccccc4)c4ccccc43)C3C=Cc4c(c5ccccc5c5ccccc45)C3)cc21. The molecule has 1 nitrogen and oxygen atoms in total. The van der Waals surface area contributed by atoms with Crippen LogP contribution in [0.2, 0.25) is 0 Å². The molecule has 1 atom stereocenters. The van der Waals surface area contributed by atoms with E-state index in [1.807, 2.05) is 0 Å². The summed E-state index contributed by atoms with van der Waals surface area (Å²) >= 11 is 0. The van der Waals surface area contributed by atoms with Crippen molar-refractivity contribution < 1.29 is 0 Å². The summed E-state index contributed by atoms with van der Waals surface area (Å²) in [6.45, 7) is 4.80. The molecular formula is C71H51N. The van der Waals surface area contributed by atoms with Gasteiger partial charge in [-0.2, -0.15) is 0 Å². The average molecular weight is 918 g/mol. The number of benzene rings is 11. The van der Waals surface area contributed by atoms with Gasteiger partial charge in [-0.05, 0) is 141 Å². The van der Waals surface area contributed by atoms with Crippen LogP contribution in [0.5, 0.6) is 0 Å². The molecule has 0 aromatic heterocycles. The fourth-order valence-corrected chi connectivity index (χ4v) is 14.4. The first-order valence-corrected chi connectivity index (χ1v) is 25.7. The lowest BCUT2D eigenvalue weighted by molar-refractivity contribution is 0.623. The lowest BCUT2D eigenvalue weighted by Crippen LogP contribution is -2.44. The van der Waals surface area contributed by atoms with E-state index in [1.54, 1.807) is 0 Å². The van der Waals surface area contributed by atoms with Gasteiger partial charge in [-0.1, -0.05) is 244 Å². The highest BCUT2D eigenvalue weighted by atomic mass is 15.2. The van der Waals surface area contributed by atoms with Crippen LogP contribution in [0.15, 0.2) is 249 Å². The van der Waals surface area contributed by atoms with Crippen LogP contribution in [0.4, 0.5) is 11.4 Å². The summed E-state index contributed by atoms with van der Waals surface area (Å²) in [5, 5.41) is 5.29. The molecule has 11 aromatic carbocycles. The van der Waals surface area contributed by atoms with Crippen LogP contribution >= 0.6 is 0 Å². The Kier molecular flexibility index (Phi) is 8.74. The molecule has 340 valence electrons. The summed E-state index contributed by atoms with van der Waals surface area (Å²) in [5.74, 6) is 0. The Morgan fingerprint density at radius 2 is 0.764 bits per heavy atom. The summed E-state index contributed by atoms with van der Waals surface area (Å²) in [6, 6.07) is 92.4. The monoisotopic (exact) mass is 917 g/mol. The van der Waals surface area contributed by atoms with Crippen molar-refractivity contribution in [2.24, 2.45) is 0 Å². The van der Waals surface area contributed by atoms with Crippen LogP contribution in [0.25, 0.3) is 49.9 Å². The lowest BCUT2D eigenvalue weighted by atomic mass is 9.51. The molecule has 4 aliphatic rings. The first-order valence-electron chi connectivity index (χ1n) is 25.7. The van der Waals surface area contributed by atoms with Crippen LogP contribution in [0, 0.1) is 0 Å². The molecule has 4 aliphatic carbocycles. The van der Waals surface area contributed by atoms with E-state index in [4.69, 9.17) is 0 Å². The number of rotatable bonds is 5. The predicted molar refractivity (Wildman–Crippen MR) is 300 cm³/mol. The van der Waals surface area contributed by atoms with Gasteiger partial charge in [0.15, 0.2) is 0 Å². The fourth-order valence-electron chi connectivity index (χ4n) is 14.4. The van der Waals surface area contributed by atoms with Crippen molar-refractivity contribution in [3.05, 3.63) is 315 Å². The summed E-state index contributed by atoms with van der Waals surface area (Å²) in [6.07, 6.45) is 5.79. The van der Waals surface area contributed by atoms with Gasteiger partial charge < -0.3 is 4.90 Å². The second kappa shape index (κ2) is 15.2. The standard InChI is InChI=1S/C71H51N/c1-69(2)61-31-15-13-29-56(61)58-41-38-49(44-67(58)69)72(48-37-40-55-53-27-10-9-25-51(53)52-26-11-12-28-54(52)60(55)43-48)50-39-42-59-57-30-14-16-32-62(57)71(68(59)45-50)65-35-19-17-33-63(65)70(46-21-5-3-6-22-46,47-23-7-4-8-24-47)64-34-18-20-36-66(64)71/h3-42,44-45,48H,43H2,1-2H3. The van der Waals surface area contributed by atoms with E-state index in [0.717, 1.165) is 6.42 Å². The Morgan fingerprint density at radius 3 is 1.36 bits per heavy atom. The maximum Gasteiger partial charge on any atom is 0.0720 e. The van der Waals surface area contributed by atoms with Gasteiger partial charge in [-0.15, -0.1) is 0 Å². The van der Waals surface area contributed by atoms with Crippen molar-refractivity contribution >= 4 is 39.0 Å². The first-order chi connectivity index (χ1) is 35.5. The average Bonchev–Trinajstić information content (AvgIpc) is 3.87. The highest BCUT2D eigenvalue weighted by molar-refractivity contribution is 6.13. The molecule has 0 amide bonds. The molecule has 0 radical (unpaired) electrons. The molecule has 0 fully saturated rings. The van der Waals surface area contributed by atoms with Gasteiger partial charge in [0.1, 0.15) is 0 Å². The second-order valence-corrected chi connectivity index (χ2v) is 21.0. The first kappa shape index (κ1) is 41.3. The van der Waals surface area contributed by atoms with Gasteiger partial charge in [0.05, 0.1) is 16.9 Å². The molecule has 1 unspecified atom stereocenters. The van der Waals surface area contributed by atoms with E-state index in [9.17, 15) is 0 Å². The van der Waals surface area contributed by atoms with Gasteiger partial charge in [0, 0.05) is 16.8 Å². The highest BCUT2D eigenvalue weighted by Crippen LogP contribution is 2.65. The minimum atomic E-state index is -0.612. The summed E-state index contributed by atoms with van der Waals surface area (Å²) in [4.78, 5) is 2.68. The zero-order chi connectivity index (χ0) is 47.8. The predicted octanol–water partition coefficient (Wildman–Crippen LogP) is 17.1. The van der Waals surface area contributed by atoms with E-state index in [1.165, 1.54) is 122 Å². The van der Waals surface area contributed by atoms with Crippen molar-refractivity contribution in [3.8, 4) is 22.3 Å². The quantitative estimate of drug-likeness (QED) is 0.156. The van der Waals surface area contributed by atoms with E-state index in [2.05, 4.69) is 274 Å². The molecule has 0 heterocycles. The topological polar surface area (TPSA) is 3.24 Å². The maximum atomic E-state index is 2.68. The van der Waals surface area contributed by atoms with Gasteiger partial charge in [-0.3, -0.25) is 0 Å². The fraction of sp³-hybridized carbons (Fsp3) is 0.0986. The minimum absolute atomic E-state index is 0.0273. The van der Waals surface area contributed by atoms with Crippen LogP contribution in [0.3, 0.4) is 0 Å². The van der Waals surface area contributed by atoms with Crippen LogP contribution < -0.4 is 4.90 Å².